The number of carboxylic acid groups (broad SMARTS) is 1. The summed E-state index contributed by atoms with van der Waals surface area (Å²) in [5.74, 6) is -3.25. The van der Waals surface area contributed by atoms with Gasteiger partial charge < -0.3 is 35.2 Å². The highest BCUT2D eigenvalue weighted by atomic mass is 16.5. The van der Waals surface area contributed by atoms with Crippen molar-refractivity contribution in [2.75, 3.05) is 12.4 Å². The first-order chi connectivity index (χ1) is 25.9. The SMILES string of the molecule is COc1c(O)c2c(=O)cc(CO)c3c4c(CO)cc(NC5CCC(OC=O)C5)c5c(=O)c(CC6CCC(C(=O)O)C6)c6c(c(c1C(C(C)=O)C(C)=C6)c23)c54. The molecule has 12 nitrogen and oxygen atoms in total. The molecule has 5 unspecified atom stereocenters. The van der Waals surface area contributed by atoms with Gasteiger partial charge in [0, 0.05) is 40.0 Å². The summed E-state index contributed by atoms with van der Waals surface area (Å²) < 4.78 is 11.1. The Morgan fingerprint density at radius 3 is 2.24 bits per heavy atom. The second-order valence-corrected chi connectivity index (χ2v) is 15.3. The third kappa shape index (κ3) is 5.14. The van der Waals surface area contributed by atoms with E-state index in [4.69, 9.17) is 9.47 Å². The van der Waals surface area contributed by atoms with E-state index < -0.39 is 42.2 Å². The topological polar surface area (TPSA) is 197 Å². The summed E-state index contributed by atoms with van der Waals surface area (Å²) in [4.78, 5) is 66.2. The van der Waals surface area contributed by atoms with Crippen LogP contribution < -0.4 is 20.9 Å². The molecule has 0 saturated heterocycles. The number of carbonyl (C=O) groups is 3. The molecule has 5 aromatic rings. The summed E-state index contributed by atoms with van der Waals surface area (Å²) in [6.45, 7) is 2.59. The fraction of sp³-hybridized carbons (Fsp3) is 0.405. The fourth-order valence-electron chi connectivity index (χ4n) is 10.1. The number of hydrogen-bond donors (Lipinski definition) is 5. The van der Waals surface area contributed by atoms with Crippen LogP contribution in [0.4, 0.5) is 5.69 Å². The predicted octanol–water partition coefficient (Wildman–Crippen LogP) is 5.23. The average molecular weight is 736 g/mol. The number of benzene rings is 5. The van der Waals surface area contributed by atoms with Gasteiger partial charge in [0.1, 0.15) is 11.9 Å². The lowest BCUT2D eigenvalue weighted by atomic mass is 9.78. The molecule has 5 atom stereocenters. The number of allylic oxidation sites excluding steroid dienone is 1. The molecule has 280 valence electrons. The molecule has 0 bridgehead atoms. The molecule has 0 radical (unpaired) electrons. The molecule has 3 aliphatic rings. The van der Waals surface area contributed by atoms with E-state index in [1.165, 1.54) is 20.1 Å². The first-order valence-electron chi connectivity index (χ1n) is 18.4. The number of phenols is 1. The smallest absolute Gasteiger partial charge is 0.306 e. The van der Waals surface area contributed by atoms with Crippen molar-refractivity contribution in [3.8, 4) is 11.5 Å². The molecule has 5 aromatic carbocycles. The maximum atomic E-state index is 15.4. The molecule has 0 aromatic heterocycles. The Morgan fingerprint density at radius 1 is 0.907 bits per heavy atom. The number of nitrogens with one attached hydrogen (secondary N) is 1. The van der Waals surface area contributed by atoms with Crippen LogP contribution >= 0.6 is 0 Å². The van der Waals surface area contributed by atoms with Gasteiger partial charge in [-0.1, -0.05) is 11.6 Å². The molecular weight excluding hydrogens is 694 g/mol. The summed E-state index contributed by atoms with van der Waals surface area (Å²) in [5.41, 5.74) is 2.08. The van der Waals surface area contributed by atoms with E-state index in [1.54, 1.807) is 13.0 Å². The van der Waals surface area contributed by atoms with Crippen LogP contribution in [0, 0.1) is 11.8 Å². The number of anilines is 1. The number of methoxy groups -OCH3 is 1. The number of carbonyl (C=O) groups excluding carboxylic acids is 2. The minimum Gasteiger partial charge on any atom is -0.504 e. The van der Waals surface area contributed by atoms with Crippen LogP contribution in [0.5, 0.6) is 11.5 Å². The number of carboxylic acids is 1. The van der Waals surface area contributed by atoms with Crippen molar-refractivity contribution in [1.82, 2.24) is 0 Å². The first kappa shape index (κ1) is 35.7. The van der Waals surface area contributed by atoms with E-state index in [-0.39, 0.29) is 52.4 Å². The molecule has 12 heteroatoms. The fourth-order valence-corrected chi connectivity index (χ4v) is 10.1. The van der Waals surface area contributed by atoms with Gasteiger partial charge in [0.25, 0.3) is 6.47 Å². The molecular formula is C42H41NO11. The lowest BCUT2D eigenvalue weighted by Gasteiger charge is -2.27. The number of aliphatic hydroxyl groups excluding tert-OH is 2. The number of phenolic OH excluding ortho intramolecular Hbond substituents is 1. The van der Waals surface area contributed by atoms with Gasteiger partial charge in [-0.05, 0) is 109 Å². The van der Waals surface area contributed by atoms with Gasteiger partial charge in [0.15, 0.2) is 22.4 Å². The van der Waals surface area contributed by atoms with Gasteiger partial charge in [0.2, 0.25) is 0 Å². The standard InChI is InChI=1S/C42H41NO11/c1-17-8-25-26(10-19-4-5-20(9-19)42(51)52)39(49)33-27(43-23-6-7-24(13-23)54-16-46)11-21(14-44)30-31-22(15-45)12-28(48)34-36(31)37(32(25)35(30)33)38(29(17)18(2)47)41(53-3)40(34)50/h8,11-12,16,19-20,23-24,29,43-45,50H,4-7,9-10,13-15H2,1-3H3,(H,51,52). The van der Waals surface area contributed by atoms with Gasteiger partial charge in [-0.2, -0.15) is 0 Å². The number of fused-ring (bicyclic) bond motifs is 1. The zero-order valence-corrected chi connectivity index (χ0v) is 30.2. The first-order valence-corrected chi connectivity index (χ1v) is 18.4. The monoisotopic (exact) mass is 735 g/mol. The zero-order chi connectivity index (χ0) is 38.3. The molecule has 2 fully saturated rings. The van der Waals surface area contributed by atoms with Crippen molar-refractivity contribution >= 4 is 73.1 Å². The van der Waals surface area contributed by atoms with E-state index in [9.17, 15) is 39.6 Å². The van der Waals surface area contributed by atoms with Crippen LogP contribution in [0.2, 0.25) is 0 Å². The Hall–Kier alpha value is -5.33. The molecule has 54 heavy (non-hydrogen) atoms. The van der Waals surface area contributed by atoms with Gasteiger partial charge >= 0.3 is 5.97 Å². The maximum Gasteiger partial charge on any atom is 0.306 e. The molecule has 0 spiro atoms. The number of hydrogen-bond acceptors (Lipinski definition) is 11. The summed E-state index contributed by atoms with van der Waals surface area (Å²) in [6.07, 6.45) is 5.02. The Balaban J connectivity index is 1.61. The van der Waals surface area contributed by atoms with Gasteiger partial charge in [-0.25, -0.2) is 0 Å². The van der Waals surface area contributed by atoms with Crippen molar-refractivity contribution in [2.45, 2.75) is 90.1 Å². The van der Waals surface area contributed by atoms with Gasteiger partial charge in [0.05, 0.1) is 42.9 Å². The van der Waals surface area contributed by atoms with Crippen LogP contribution in [-0.4, -0.2) is 57.9 Å². The highest BCUT2D eigenvalue weighted by molar-refractivity contribution is 6.39. The van der Waals surface area contributed by atoms with Crippen LogP contribution in [0.1, 0.15) is 86.1 Å². The minimum atomic E-state index is -0.951. The van der Waals surface area contributed by atoms with E-state index in [1.807, 2.05) is 6.08 Å². The highest BCUT2D eigenvalue weighted by Gasteiger charge is 2.38. The molecule has 3 aliphatic carbocycles. The summed E-state index contributed by atoms with van der Waals surface area (Å²) in [7, 11) is 1.35. The summed E-state index contributed by atoms with van der Waals surface area (Å²) in [5, 5.41) is 49.8. The Morgan fingerprint density at radius 2 is 1.61 bits per heavy atom. The van der Waals surface area contributed by atoms with Crippen molar-refractivity contribution < 1.29 is 44.3 Å². The zero-order valence-electron chi connectivity index (χ0n) is 30.2. The Bertz CT molecular complexity index is 2580. The Kier molecular flexibility index (Phi) is 8.73. The van der Waals surface area contributed by atoms with Crippen LogP contribution in [-0.2, 0) is 38.8 Å². The number of ketones is 1. The van der Waals surface area contributed by atoms with Gasteiger partial charge in [-0.3, -0.25) is 24.0 Å². The third-order valence-corrected chi connectivity index (χ3v) is 12.3. The van der Waals surface area contributed by atoms with E-state index in [2.05, 4.69) is 5.32 Å². The maximum absolute atomic E-state index is 15.4. The number of Topliss-reactive ketones (excluding diaryl/α,β-unsaturated/α-hetero) is 1. The number of ether oxygens (including phenoxy) is 2. The molecule has 0 heterocycles. The number of aliphatic hydroxyl groups is 2. The number of aromatic hydroxyl groups is 1. The molecule has 2 saturated carbocycles. The van der Waals surface area contributed by atoms with Crippen molar-refractivity contribution in [3.63, 3.8) is 0 Å². The van der Waals surface area contributed by atoms with Crippen LogP contribution in [0.15, 0.2) is 27.3 Å². The van der Waals surface area contributed by atoms with Crippen LogP contribution in [0.25, 0.3) is 49.2 Å². The quantitative estimate of drug-likeness (QED) is 0.0674. The van der Waals surface area contributed by atoms with E-state index >= 15 is 4.79 Å². The molecule has 5 N–H and O–H groups in total. The summed E-state index contributed by atoms with van der Waals surface area (Å²) >= 11 is 0. The summed E-state index contributed by atoms with van der Waals surface area (Å²) in [6, 6.07) is 2.77. The number of aliphatic carboxylic acids is 1. The normalized spacial score (nSPS) is 22.4. The van der Waals surface area contributed by atoms with E-state index in [0.29, 0.717) is 116 Å². The minimum absolute atomic E-state index is 0.0497. The van der Waals surface area contributed by atoms with Crippen molar-refractivity contribution in [3.05, 3.63) is 66.0 Å². The second-order valence-electron chi connectivity index (χ2n) is 15.3. The number of rotatable bonds is 11. The van der Waals surface area contributed by atoms with Gasteiger partial charge in [-0.15, -0.1) is 0 Å². The predicted molar refractivity (Wildman–Crippen MR) is 203 cm³/mol. The largest absolute Gasteiger partial charge is 0.504 e. The van der Waals surface area contributed by atoms with E-state index in [0.717, 1.165) is 0 Å². The second kappa shape index (κ2) is 13.2. The van der Waals surface area contributed by atoms with Crippen molar-refractivity contribution in [1.29, 1.82) is 0 Å². The highest BCUT2D eigenvalue weighted by Crippen LogP contribution is 2.56. The molecule has 8 rings (SSSR count). The van der Waals surface area contributed by atoms with Crippen LogP contribution in [0.3, 0.4) is 0 Å². The van der Waals surface area contributed by atoms with Crippen molar-refractivity contribution in [2.24, 2.45) is 11.8 Å². The Labute approximate surface area is 308 Å². The lowest BCUT2D eigenvalue weighted by Crippen LogP contribution is -2.22. The average Bonchev–Trinajstić information content (AvgIpc) is 3.77. The molecule has 0 amide bonds. The lowest BCUT2D eigenvalue weighted by molar-refractivity contribution is -0.141. The third-order valence-electron chi connectivity index (χ3n) is 12.3. The molecule has 0 aliphatic heterocycles.